The Balaban J connectivity index is 2.61. The second-order valence-corrected chi connectivity index (χ2v) is 5.08. The molecule has 20 heavy (non-hydrogen) atoms. The van der Waals surface area contributed by atoms with Crippen molar-refractivity contribution in [2.75, 3.05) is 7.11 Å². The fourth-order valence-corrected chi connectivity index (χ4v) is 2.66. The number of aromatic carboxylic acids is 1. The highest BCUT2D eigenvalue weighted by molar-refractivity contribution is 7.17. The molecule has 0 radical (unpaired) electrons. The molecule has 0 spiro atoms. The minimum absolute atomic E-state index is 0.344. The van der Waals surface area contributed by atoms with Crippen LogP contribution < -0.4 is 4.74 Å². The molecule has 2 rings (SSSR count). The highest BCUT2D eigenvalue weighted by Gasteiger charge is 2.17. The molecule has 0 saturated carbocycles. The topological polar surface area (TPSA) is 50.9 Å². The molecule has 0 aliphatic heterocycles. The molecule has 6 heteroatoms. The van der Waals surface area contributed by atoms with E-state index in [1.54, 1.807) is 19.1 Å². The number of benzene rings is 1. The van der Waals surface area contributed by atoms with Gasteiger partial charge in [-0.2, -0.15) is 0 Å². The van der Waals surface area contributed by atoms with E-state index >= 15 is 0 Å². The number of thiophene rings is 1. The highest BCUT2D eigenvalue weighted by Crippen LogP contribution is 2.38. The van der Waals surface area contributed by atoms with Gasteiger partial charge in [-0.15, -0.1) is 11.3 Å². The van der Waals surface area contributed by atoms with Crippen LogP contribution >= 0.6 is 11.3 Å². The Bertz CT molecular complexity index is 731. The predicted octanol–water partition coefficient (Wildman–Crippen LogP) is 4.12. The van der Waals surface area contributed by atoms with E-state index in [0.717, 1.165) is 17.4 Å². The SMILES string of the molecule is [C-]#[N+]c1cc(-c2cc(F)c(C(=O)O)s2)cc(OC)c1C. The molecule has 1 heterocycles. The highest BCUT2D eigenvalue weighted by atomic mass is 32.1. The maximum Gasteiger partial charge on any atom is 0.348 e. The molecule has 1 aromatic carbocycles. The fourth-order valence-electron chi connectivity index (χ4n) is 1.80. The lowest BCUT2D eigenvalue weighted by Gasteiger charge is -2.08. The van der Waals surface area contributed by atoms with Gasteiger partial charge < -0.3 is 9.84 Å². The molecule has 0 amide bonds. The van der Waals surface area contributed by atoms with Crippen LogP contribution in [0.2, 0.25) is 0 Å². The van der Waals surface area contributed by atoms with Crippen molar-refractivity contribution in [3.63, 3.8) is 0 Å². The summed E-state index contributed by atoms with van der Waals surface area (Å²) in [6, 6.07) is 4.43. The summed E-state index contributed by atoms with van der Waals surface area (Å²) < 4.78 is 18.7. The summed E-state index contributed by atoms with van der Waals surface area (Å²) in [6.07, 6.45) is 0. The molecule has 0 atom stereocenters. The van der Waals surface area contributed by atoms with Crippen molar-refractivity contribution in [1.82, 2.24) is 0 Å². The molecular formula is C14H10FNO3S. The summed E-state index contributed by atoms with van der Waals surface area (Å²) in [5, 5.41) is 8.87. The number of carboxylic acid groups (broad SMARTS) is 1. The largest absolute Gasteiger partial charge is 0.498 e. The van der Waals surface area contributed by atoms with Crippen LogP contribution in [-0.4, -0.2) is 18.2 Å². The van der Waals surface area contributed by atoms with Gasteiger partial charge in [0.15, 0.2) is 5.69 Å². The lowest BCUT2D eigenvalue weighted by Crippen LogP contribution is -1.93. The maximum absolute atomic E-state index is 13.5. The van der Waals surface area contributed by atoms with E-state index < -0.39 is 11.8 Å². The summed E-state index contributed by atoms with van der Waals surface area (Å²) >= 11 is 0.832. The zero-order valence-electron chi connectivity index (χ0n) is 10.7. The minimum Gasteiger partial charge on any atom is -0.498 e. The number of rotatable bonds is 3. The first-order valence-corrected chi connectivity index (χ1v) is 6.38. The molecule has 0 bridgehead atoms. The Kier molecular flexibility index (Phi) is 3.72. The Morgan fingerprint density at radius 1 is 1.45 bits per heavy atom. The third-order valence-corrected chi connectivity index (χ3v) is 3.99. The number of methoxy groups -OCH3 is 1. The smallest absolute Gasteiger partial charge is 0.348 e. The van der Waals surface area contributed by atoms with E-state index in [0.29, 0.717) is 27.4 Å². The van der Waals surface area contributed by atoms with Crippen LogP contribution in [0.25, 0.3) is 15.3 Å². The average molecular weight is 291 g/mol. The molecule has 0 fully saturated rings. The van der Waals surface area contributed by atoms with Crippen molar-refractivity contribution in [3.05, 3.63) is 45.9 Å². The van der Waals surface area contributed by atoms with E-state index in [-0.39, 0.29) is 4.88 Å². The molecule has 102 valence electrons. The first kappa shape index (κ1) is 14.0. The third kappa shape index (κ3) is 2.36. The molecule has 1 aromatic heterocycles. The van der Waals surface area contributed by atoms with Gasteiger partial charge >= 0.3 is 5.97 Å². The molecule has 2 aromatic rings. The van der Waals surface area contributed by atoms with Gasteiger partial charge in [0.25, 0.3) is 0 Å². The van der Waals surface area contributed by atoms with Gasteiger partial charge in [-0.1, -0.05) is 0 Å². The van der Waals surface area contributed by atoms with Crippen molar-refractivity contribution in [2.24, 2.45) is 0 Å². The molecule has 1 N–H and O–H groups in total. The quantitative estimate of drug-likeness (QED) is 0.865. The lowest BCUT2D eigenvalue weighted by molar-refractivity contribution is 0.0697. The zero-order valence-corrected chi connectivity index (χ0v) is 11.5. The van der Waals surface area contributed by atoms with E-state index in [1.807, 2.05) is 0 Å². The molecular weight excluding hydrogens is 281 g/mol. The number of nitrogens with zero attached hydrogens (tertiary/aromatic N) is 1. The summed E-state index contributed by atoms with van der Waals surface area (Å²) in [4.78, 5) is 14.4. The van der Waals surface area contributed by atoms with Crippen LogP contribution in [0.1, 0.15) is 15.2 Å². The Morgan fingerprint density at radius 3 is 2.65 bits per heavy atom. The maximum atomic E-state index is 13.5. The number of carboxylic acids is 1. The van der Waals surface area contributed by atoms with Gasteiger partial charge in [-0.3, -0.25) is 0 Å². The van der Waals surface area contributed by atoms with Gasteiger partial charge in [-0.05, 0) is 36.2 Å². The Morgan fingerprint density at radius 2 is 2.15 bits per heavy atom. The van der Waals surface area contributed by atoms with Crippen LogP contribution in [0.4, 0.5) is 10.1 Å². The second-order valence-electron chi connectivity index (χ2n) is 4.03. The third-order valence-electron chi connectivity index (χ3n) is 2.84. The molecule has 0 unspecified atom stereocenters. The van der Waals surface area contributed by atoms with Crippen LogP contribution in [0.15, 0.2) is 18.2 Å². The summed E-state index contributed by atoms with van der Waals surface area (Å²) in [5.74, 6) is -1.57. The summed E-state index contributed by atoms with van der Waals surface area (Å²) in [7, 11) is 1.48. The van der Waals surface area contributed by atoms with Crippen molar-refractivity contribution in [2.45, 2.75) is 6.92 Å². The Labute approximate surface area is 118 Å². The second kappa shape index (κ2) is 5.31. The van der Waals surface area contributed by atoms with E-state index in [2.05, 4.69) is 4.85 Å². The van der Waals surface area contributed by atoms with Crippen molar-refractivity contribution in [1.29, 1.82) is 0 Å². The van der Waals surface area contributed by atoms with Gasteiger partial charge in [0.2, 0.25) is 0 Å². The van der Waals surface area contributed by atoms with Gasteiger partial charge in [0.05, 0.1) is 13.7 Å². The molecule has 0 aliphatic rings. The number of hydrogen-bond acceptors (Lipinski definition) is 3. The van der Waals surface area contributed by atoms with Crippen LogP contribution in [-0.2, 0) is 0 Å². The van der Waals surface area contributed by atoms with Crippen molar-refractivity contribution >= 4 is 23.0 Å². The van der Waals surface area contributed by atoms with Crippen molar-refractivity contribution < 1.29 is 19.0 Å². The average Bonchev–Trinajstić information content (AvgIpc) is 2.81. The molecule has 0 saturated heterocycles. The molecule has 0 aliphatic carbocycles. The predicted molar refractivity (Wildman–Crippen MR) is 74.2 cm³/mol. The zero-order chi connectivity index (χ0) is 14.9. The van der Waals surface area contributed by atoms with Crippen LogP contribution in [0, 0.1) is 19.3 Å². The van der Waals surface area contributed by atoms with E-state index in [4.69, 9.17) is 16.4 Å². The normalized spacial score (nSPS) is 10.1. The van der Waals surface area contributed by atoms with Crippen LogP contribution in [0.5, 0.6) is 5.75 Å². The summed E-state index contributed by atoms with van der Waals surface area (Å²) in [6.45, 7) is 8.89. The first-order valence-electron chi connectivity index (χ1n) is 5.57. The monoisotopic (exact) mass is 291 g/mol. The van der Waals surface area contributed by atoms with Gasteiger partial charge in [0, 0.05) is 4.88 Å². The van der Waals surface area contributed by atoms with E-state index in [9.17, 15) is 9.18 Å². The van der Waals surface area contributed by atoms with Crippen LogP contribution in [0.3, 0.4) is 0 Å². The minimum atomic E-state index is -1.30. The number of carbonyl (C=O) groups is 1. The Hall–Kier alpha value is -2.39. The molecule has 4 nitrogen and oxygen atoms in total. The van der Waals surface area contributed by atoms with Gasteiger partial charge in [0.1, 0.15) is 16.4 Å². The van der Waals surface area contributed by atoms with Crippen molar-refractivity contribution in [3.8, 4) is 16.2 Å². The summed E-state index contributed by atoms with van der Waals surface area (Å²) in [5.41, 5.74) is 1.65. The first-order chi connectivity index (χ1) is 9.47. The standard InChI is InChI=1S/C14H10FNO3S/c1-7-10(16-2)4-8(5-11(7)19-3)12-6-9(15)13(20-12)14(17)18/h4-6H,1,3H3,(H,17,18). The number of ether oxygens (including phenoxy) is 1. The van der Waals surface area contributed by atoms with Gasteiger partial charge in [-0.25, -0.2) is 14.0 Å². The lowest BCUT2D eigenvalue weighted by atomic mass is 10.1. The number of hydrogen-bond donors (Lipinski definition) is 1. The number of halogens is 1. The fraction of sp³-hybridized carbons (Fsp3) is 0.143. The van der Waals surface area contributed by atoms with E-state index in [1.165, 1.54) is 7.11 Å².